The van der Waals surface area contributed by atoms with Crippen LogP contribution in [0, 0.1) is 5.41 Å². The van der Waals surface area contributed by atoms with Crippen LogP contribution >= 0.6 is 0 Å². The summed E-state index contributed by atoms with van der Waals surface area (Å²) in [6, 6.07) is 10.5. The lowest BCUT2D eigenvalue weighted by Crippen LogP contribution is -2.46. The molecule has 2 aliphatic heterocycles. The summed E-state index contributed by atoms with van der Waals surface area (Å²) in [5, 5.41) is 0. The quantitative estimate of drug-likeness (QED) is 0.837. The zero-order valence-electron chi connectivity index (χ0n) is 15.5. The van der Waals surface area contributed by atoms with Gasteiger partial charge in [-0.25, -0.2) is 4.98 Å². The van der Waals surface area contributed by atoms with E-state index in [1.54, 1.807) is 11.1 Å². The van der Waals surface area contributed by atoms with Crippen molar-refractivity contribution in [2.75, 3.05) is 20.1 Å². The molecule has 1 aromatic carbocycles. The molecule has 0 radical (unpaired) electrons. The lowest BCUT2D eigenvalue weighted by Gasteiger charge is -2.37. The molecule has 1 spiro atoms. The van der Waals surface area contributed by atoms with Crippen molar-refractivity contribution in [2.45, 2.75) is 31.7 Å². The Balaban J connectivity index is 1.43. The molecule has 2 aliphatic rings. The molecule has 6 heteroatoms. The van der Waals surface area contributed by atoms with E-state index in [0.29, 0.717) is 31.6 Å². The van der Waals surface area contributed by atoms with E-state index in [0.717, 1.165) is 12.8 Å². The number of carbonyl (C=O) groups is 2. The van der Waals surface area contributed by atoms with Gasteiger partial charge in [0.05, 0.1) is 11.6 Å². The van der Waals surface area contributed by atoms with Crippen molar-refractivity contribution in [3.8, 4) is 0 Å². The molecule has 6 nitrogen and oxygen atoms in total. The predicted molar refractivity (Wildman–Crippen MR) is 101 cm³/mol. The number of amides is 2. The Bertz CT molecular complexity index is 817. The molecule has 2 saturated heterocycles. The van der Waals surface area contributed by atoms with E-state index in [4.69, 9.17) is 0 Å². The summed E-state index contributed by atoms with van der Waals surface area (Å²) in [6.45, 7) is 1.18. The van der Waals surface area contributed by atoms with Crippen LogP contribution in [-0.2, 0) is 11.2 Å². The maximum absolute atomic E-state index is 13.0. The molecular weight excluding hydrogens is 340 g/mol. The number of rotatable bonds is 3. The molecule has 1 aromatic heterocycles. The van der Waals surface area contributed by atoms with Crippen LogP contribution in [0.25, 0.3) is 0 Å². The van der Waals surface area contributed by atoms with Crippen LogP contribution in [0.15, 0.2) is 48.9 Å². The highest BCUT2D eigenvalue weighted by Crippen LogP contribution is 2.44. The first-order valence-corrected chi connectivity index (χ1v) is 9.45. The summed E-state index contributed by atoms with van der Waals surface area (Å²) >= 11 is 0. The van der Waals surface area contributed by atoms with E-state index < -0.39 is 0 Å². The van der Waals surface area contributed by atoms with Crippen LogP contribution in [-0.4, -0.2) is 57.8 Å². The second kappa shape index (κ2) is 7.10. The minimum Gasteiger partial charge on any atom is -0.342 e. The maximum atomic E-state index is 13.0. The molecule has 2 fully saturated rings. The summed E-state index contributed by atoms with van der Waals surface area (Å²) in [5.74, 6) is 0.132. The first-order chi connectivity index (χ1) is 13.1. The topological polar surface area (TPSA) is 66.4 Å². The predicted octanol–water partition coefficient (Wildman–Crippen LogP) is 2.17. The van der Waals surface area contributed by atoms with Gasteiger partial charge < -0.3 is 9.80 Å². The third kappa shape index (κ3) is 3.31. The Morgan fingerprint density at radius 3 is 2.59 bits per heavy atom. The Labute approximate surface area is 159 Å². The Morgan fingerprint density at radius 1 is 1.19 bits per heavy atom. The fourth-order valence-corrected chi connectivity index (χ4v) is 4.44. The summed E-state index contributed by atoms with van der Waals surface area (Å²) in [5.41, 5.74) is 1.30. The first kappa shape index (κ1) is 17.6. The van der Waals surface area contributed by atoms with Crippen molar-refractivity contribution in [3.05, 3.63) is 60.2 Å². The van der Waals surface area contributed by atoms with Crippen LogP contribution in [0.2, 0.25) is 0 Å². The summed E-state index contributed by atoms with van der Waals surface area (Å²) in [6.07, 6.45) is 7.76. The molecule has 0 bridgehead atoms. The van der Waals surface area contributed by atoms with Gasteiger partial charge in [-0.3, -0.25) is 14.6 Å². The van der Waals surface area contributed by atoms with Crippen molar-refractivity contribution >= 4 is 11.8 Å². The molecule has 140 valence electrons. The summed E-state index contributed by atoms with van der Waals surface area (Å²) in [4.78, 5) is 37.4. The average Bonchev–Trinajstić information content (AvgIpc) is 2.94. The number of piperidine rings is 1. The summed E-state index contributed by atoms with van der Waals surface area (Å²) < 4.78 is 0. The van der Waals surface area contributed by atoms with Gasteiger partial charge in [0.1, 0.15) is 5.69 Å². The average molecular weight is 364 g/mol. The van der Waals surface area contributed by atoms with Gasteiger partial charge in [-0.2, -0.15) is 0 Å². The Kier molecular flexibility index (Phi) is 4.64. The highest BCUT2D eigenvalue weighted by Gasteiger charge is 2.51. The molecule has 0 N–H and O–H groups in total. The number of hydrogen-bond acceptors (Lipinski definition) is 4. The van der Waals surface area contributed by atoms with Crippen molar-refractivity contribution in [1.29, 1.82) is 0 Å². The monoisotopic (exact) mass is 364 g/mol. The minimum absolute atomic E-state index is 0.0995. The van der Waals surface area contributed by atoms with E-state index in [1.807, 2.05) is 30.1 Å². The van der Waals surface area contributed by atoms with E-state index in [-0.39, 0.29) is 23.3 Å². The maximum Gasteiger partial charge on any atom is 0.274 e. The largest absolute Gasteiger partial charge is 0.342 e. The van der Waals surface area contributed by atoms with Crippen LogP contribution in [0.1, 0.15) is 35.3 Å². The fourth-order valence-electron chi connectivity index (χ4n) is 4.44. The molecular formula is C21H24N4O2. The van der Waals surface area contributed by atoms with Gasteiger partial charge in [0, 0.05) is 38.6 Å². The zero-order chi connectivity index (χ0) is 18.9. The number of carbonyl (C=O) groups excluding carboxylic acids is 2. The van der Waals surface area contributed by atoms with Crippen LogP contribution in [0.3, 0.4) is 0 Å². The first-order valence-electron chi connectivity index (χ1n) is 9.45. The molecule has 2 aromatic rings. The van der Waals surface area contributed by atoms with Crippen molar-refractivity contribution < 1.29 is 9.59 Å². The molecule has 3 heterocycles. The van der Waals surface area contributed by atoms with Gasteiger partial charge in [0.2, 0.25) is 5.91 Å². The minimum atomic E-state index is -0.326. The smallest absolute Gasteiger partial charge is 0.274 e. The molecule has 0 aliphatic carbocycles. The van der Waals surface area contributed by atoms with Crippen LogP contribution < -0.4 is 0 Å². The van der Waals surface area contributed by atoms with E-state index >= 15 is 0 Å². The van der Waals surface area contributed by atoms with Gasteiger partial charge in [0.25, 0.3) is 5.91 Å². The molecule has 2 amide bonds. The number of nitrogens with zero attached hydrogens (tertiary/aromatic N) is 4. The van der Waals surface area contributed by atoms with Crippen LogP contribution in [0.5, 0.6) is 0 Å². The lowest BCUT2D eigenvalue weighted by molar-refractivity contribution is -0.137. The third-order valence-electron chi connectivity index (χ3n) is 6.05. The van der Waals surface area contributed by atoms with Gasteiger partial charge in [0.15, 0.2) is 0 Å². The zero-order valence-corrected chi connectivity index (χ0v) is 15.5. The summed E-state index contributed by atoms with van der Waals surface area (Å²) in [7, 11) is 1.92. The van der Waals surface area contributed by atoms with Crippen LogP contribution in [0.4, 0.5) is 0 Å². The molecule has 4 rings (SSSR count). The molecule has 0 saturated carbocycles. The lowest BCUT2D eigenvalue weighted by atomic mass is 9.75. The molecule has 1 unspecified atom stereocenters. The van der Waals surface area contributed by atoms with E-state index in [2.05, 4.69) is 22.1 Å². The normalized spacial score (nSPS) is 21.7. The fraction of sp³-hybridized carbons (Fsp3) is 0.429. The highest BCUT2D eigenvalue weighted by atomic mass is 16.2. The van der Waals surface area contributed by atoms with Crippen molar-refractivity contribution in [3.63, 3.8) is 0 Å². The highest BCUT2D eigenvalue weighted by molar-refractivity contribution is 5.92. The number of hydrogen-bond donors (Lipinski definition) is 0. The third-order valence-corrected chi connectivity index (χ3v) is 6.05. The molecule has 1 atom stereocenters. The van der Waals surface area contributed by atoms with Gasteiger partial charge in [-0.15, -0.1) is 0 Å². The number of likely N-dealkylation sites (N-methyl/N-ethyl adjacent to an activating group) is 1. The van der Waals surface area contributed by atoms with Gasteiger partial charge in [-0.1, -0.05) is 30.3 Å². The second-order valence-electron chi connectivity index (χ2n) is 7.63. The van der Waals surface area contributed by atoms with Crippen molar-refractivity contribution in [2.24, 2.45) is 5.41 Å². The second-order valence-corrected chi connectivity index (χ2v) is 7.63. The SMILES string of the molecule is CN1C(=O)C2(CCN(C(=O)c3cnccn3)CC2)CC1Cc1ccccc1. The van der Waals surface area contributed by atoms with Gasteiger partial charge in [-0.05, 0) is 31.2 Å². The number of likely N-dealkylation sites (tertiary alicyclic amines) is 2. The Morgan fingerprint density at radius 2 is 1.93 bits per heavy atom. The van der Waals surface area contributed by atoms with E-state index in [1.165, 1.54) is 18.0 Å². The number of benzene rings is 1. The standard InChI is InChI=1S/C21H24N4O2/c1-24-17(13-16-5-3-2-4-6-16)14-21(20(24)27)7-11-25(12-8-21)19(26)18-15-22-9-10-23-18/h2-6,9-10,15,17H,7-8,11-14H2,1H3. The Hall–Kier alpha value is -2.76. The van der Waals surface area contributed by atoms with Gasteiger partial charge >= 0.3 is 0 Å². The molecule has 27 heavy (non-hydrogen) atoms. The van der Waals surface area contributed by atoms with Crippen molar-refractivity contribution in [1.82, 2.24) is 19.8 Å². The number of aromatic nitrogens is 2. The van der Waals surface area contributed by atoms with E-state index in [9.17, 15) is 9.59 Å².